The minimum Gasteiger partial charge on any atom is -0.298 e. The molecular formula is C14H22N2OS. The Morgan fingerprint density at radius 2 is 2.39 bits per heavy atom. The van der Waals surface area contributed by atoms with E-state index in [1.165, 1.54) is 17.8 Å². The molecule has 1 aromatic heterocycles. The van der Waals surface area contributed by atoms with E-state index in [1.807, 2.05) is 0 Å². The van der Waals surface area contributed by atoms with Crippen molar-refractivity contribution in [2.24, 2.45) is 0 Å². The van der Waals surface area contributed by atoms with Gasteiger partial charge >= 0.3 is 0 Å². The lowest BCUT2D eigenvalue weighted by Gasteiger charge is -2.33. The van der Waals surface area contributed by atoms with E-state index < -0.39 is 0 Å². The fourth-order valence-electron chi connectivity index (χ4n) is 2.60. The Kier molecular flexibility index (Phi) is 4.89. The maximum absolute atomic E-state index is 11.6. The number of hydrogen-bond acceptors (Lipinski definition) is 4. The molecule has 1 unspecified atom stereocenters. The van der Waals surface area contributed by atoms with Crippen molar-refractivity contribution in [3.63, 3.8) is 0 Å². The third kappa shape index (κ3) is 3.39. The van der Waals surface area contributed by atoms with Crippen molar-refractivity contribution in [3.8, 4) is 0 Å². The lowest BCUT2D eigenvalue weighted by atomic mass is 9.99. The zero-order valence-electron chi connectivity index (χ0n) is 11.3. The molecule has 0 bridgehead atoms. The third-order valence-electron chi connectivity index (χ3n) is 3.51. The van der Waals surface area contributed by atoms with Crippen LogP contribution >= 0.6 is 11.3 Å². The van der Waals surface area contributed by atoms with Crippen LogP contribution in [-0.4, -0.2) is 28.3 Å². The molecule has 1 aliphatic rings. The fraction of sp³-hybridized carbons (Fsp3) is 0.714. The number of hydrogen-bond donors (Lipinski definition) is 0. The van der Waals surface area contributed by atoms with E-state index in [-0.39, 0.29) is 6.04 Å². The first kappa shape index (κ1) is 13.7. The maximum atomic E-state index is 11.6. The maximum Gasteiger partial charge on any atom is 0.146 e. The molecule has 0 aromatic carbocycles. The summed E-state index contributed by atoms with van der Waals surface area (Å²) in [6.07, 6.45) is 5.61. The van der Waals surface area contributed by atoms with Crippen molar-refractivity contribution < 1.29 is 4.79 Å². The second-order valence-corrected chi connectivity index (χ2v) is 6.02. The lowest BCUT2D eigenvalue weighted by molar-refractivity contribution is -0.123. The minimum absolute atomic E-state index is 0.120. The second-order valence-electron chi connectivity index (χ2n) is 5.08. The van der Waals surface area contributed by atoms with Crippen LogP contribution in [0.1, 0.15) is 50.2 Å². The lowest BCUT2D eigenvalue weighted by Crippen LogP contribution is -2.43. The number of piperidine rings is 1. The predicted octanol–water partition coefficient (Wildman–Crippen LogP) is 3.04. The van der Waals surface area contributed by atoms with Gasteiger partial charge in [-0.25, -0.2) is 4.98 Å². The van der Waals surface area contributed by atoms with Crippen molar-refractivity contribution in [3.05, 3.63) is 16.1 Å². The SMILES string of the molecule is CCCc1nc(CN2CCCCC2C(C)=O)cs1. The van der Waals surface area contributed by atoms with Crippen LogP contribution in [0.3, 0.4) is 0 Å². The van der Waals surface area contributed by atoms with Gasteiger partial charge in [0, 0.05) is 11.9 Å². The number of carbonyl (C=O) groups is 1. The van der Waals surface area contributed by atoms with Crippen molar-refractivity contribution in [2.75, 3.05) is 6.54 Å². The van der Waals surface area contributed by atoms with Crippen LogP contribution in [0.15, 0.2) is 5.38 Å². The molecular weight excluding hydrogens is 244 g/mol. The van der Waals surface area contributed by atoms with Crippen LogP contribution < -0.4 is 0 Å². The Hall–Kier alpha value is -0.740. The molecule has 0 aliphatic carbocycles. The van der Waals surface area contributed by atoms with Crippen LogP contribution in [0, 0.1) is 0 Å². The van der Waals surface area contributed by atoms with E-state index in [0.717, 1.165) is 38.0 Å². The van der Waals surface area contributed by atoms with E-state index in [1.54, 1.807) is 18.3 Å². The summed E-state index contributed by atoms with van der Waals surface area (Å²) in [5.74, 6) is 0.304. The summed E-state index contributed by atoms with van der Waals surface area (Å²) in [6, 6.07) is 0.120. The molecule has 3 nitrogen and oxygen atoms in total. The van der Waals surface area contributed by atoms with E-state index >= 15 is 0 Å². The molecule has 0 saturated carbocycles. The van der Waals surface area contributed by atoms with Crippen LogP contribution in [0.4, 0.5) is 0 Å². The van der Waals surface area contributed by atoms with Gasteiger partial charge in [-0.1, -0.05) is 13.3 Å². The van der Waals surface area contributed by atoms with Gasteiger partial charge in [0.1, 0.15) is 5.78 Å². The van der Waals surface area contributed by atoms with E-state index in [2.05, 4.69) is 22.2 Å². The van der Waals surface area contributed by atoms with Crippen molar-refractivity contribution in [2.45, 2.75) is 58.5 Å². The van der Waals surface area contributed by atoms with Crippen molar-refractivity contribution >= 4 is 17.1 Å². The third-order valence-corrected chi connectivity index (χ3v) is 4.47. The topological polar surface area (TPSA) is 33.2 Å². The minimum atomic E-state index is 0.120. The van der Waals surface area contributed by atoms with Crippen LogP contribution in [0.2, 0.25) is 0 Å². The molecule has 1 aliphatic heterocycles. The highest BCUT2D eigenvalue weighted by molar-refractivity contribution is 7.09. The van der Waals surface area contributed by atoms with Gasteiger partial charge < -0.3 is 0 Å². The van der Waals surface area contributed by atoms with Crippen LogP contribution in [0.25, 0.3) is 0 Å². The number of aryl methyl sites for hydroxylation is 1. The van der Waals surface area contributed by atoms with Gasteiger partial charge in [-0.05, 0) is 39.2 Å². The highest BCUT2D eigenvalue weighted by atomic mass is 32.1. The number of Topliss-reactive ketones (excluding diaryl/α,β-unsaturated/α-hetero) is 1. The zero-order valence-corrected chi connectivity index (χ0v) is 12.1. The van der Waals surface area contributed by atoms with Gasteiger partial charge in [-0.15, -0.1) is 11.3 Å². The van der Waals surface area contributed by atoms with Crippen LogP contribution in [-0.2, 0) is 17.8 Å². The molecule has 0 radical (unpaired) electrons. The molecule has 0 amide bonds. The van der Waals surface area contributed by atoms with E-state index in [0.29, 0.717) is 5.78 Å². The number of likely N-dealkylation sites (tertiary alicyclic amines) is 1. The van der Waals surface area contributed by atoms with Gasteiger partial charge in [-0.3, -0.25) is 9.69 Å². The summed E-state index contributed by atoms with van der Waals surface area (Å²) < 4.78 is 0. The Labute approximate surface area is 113 Å². The van der Waals surface area contributed by atoms with E-state index in [9.17, 15) is 4.79 Å². The molecule has 0 spiro atoms. The fourth-order valence-corrected chi connectivity index (χ4v) is 3.49. The number of carbonyl (C=O) groups excluding carboxylic acids is 1. The first-order valence-electron chi connectivity index (χ1n) is 6.88. The molecule has 2 heterocycles. The Morgan fingerprint density at radius 3 is 3.11 bits per heavy atom. The summed E-state index contributed by atoms with van der Waals surface area (Å²) >= 11 is 1.75. The second kappa shape index (κ2) is 6.43. The Bertz CT molecular complexity index is 402. The summed E-state index contributed by atoms with van der Waals surface area (Å²) in [7, 11) is 0. The number of ketones is 1. The molecule has 100 valence electrons. The largest absolute Gasteiger partial charge is 0.298 e. The van der Waals surface area contributed by atoms with Gasteiger partial charge in [-0.2, -0.15) is 0 Å². The number of rotatable bonds is 5. The summed E-state index contributed by atoms with van der Waals surface area (Å²) in [5, 5.41) is 3.38. The zero-order chi connectivity index (χ0) is 13.0. The molecule has 1 saturated heterocycles. The molecule has 1 fully saturated rings. The monoisotopic (exact) mass is 266 g/mol. The average Bonchev–Trinajstić information content (AvgIpc) is 2.77. The highest BCUT2D eigenvalue weighted by Gasteiger charge is 2.26. The number of aromatic nitrogens is 1. The van der Waals surface area contributed by atoms with Gasteiger partial charge in [0.2, 0.25) is 0 Å². The summed E-state index contributed by atoms with van der Waals surface area (Å²) in [6.45, 7) is 5.76. The Balaban J connectivity index is 1.99. The normalized spacial score (nSPS) is 21.1. The molecule has 2 rings (SSSR count). The smallest absolute Gasteiger partial charge is 0.146 e. The van der Waals surface area contributed by atoms with E-state index in [4.69, 9.17) is 0 Å². The summed E-state index contributed by atoms with van der Waals surface area (Å²) in [5.41, 5.74) is 1.14. The van der Waals surface area contributed by atoms with Gasteiger partial charge in [0.15, 0.2) is 0 Å². The predicted molar refractivity (Wildman–Crippen MR) is 74.8 cm³/mol. The van der Waals surface area contributed by atoms with Crippen molar-refractivity contribution in [1.82, 2.24) is 9.88 Å². The van der Waals surface area contributed by atoms with Crippen molar-refractivity contribution in [1.29, 1.82) is 0 Å². The van der Waals surface area contributed by atoms with Gasteiger partial charge in [0.25, 0.3) is 0 Å². The average molecular weight is 266 g/mol. The highest BCUT2D eigenvalue weighted by Crippen LogP contribution is 2.21. The molecule has 0 N–H and O–H groups in total. The molecule has 1 atom stereocenters. The number of thiazole rings is 1. The standard InChI is InChI=1S/C14H22N2OS/c1-3-6-14-15-12(10-18-14)9-16-8-5-4-7-13(16)11(2)17/h10,13H,3-9H2,1-2H3. The Morgan fingerprint density at radius 1 is 1.56 bits per heavy atom. The quantitative estimate of drug-likeness (QED) is 0.821. The molecule has 4 heteroatoms. The van der Waals surface area contributed by atoms with Crippen LogP contribution in [0.5, 0.6) is 0 Å². The van der Waals surface area contributed by atoms with Gasteiger partial charge in [0.05, 0.1) is 16.7 Å². The number of nitrogens with zero attached hydrogens (tertiary/aromatic N) is 2. The first-order chi connectivity index (χ1) is 8.70. The summed E-state index contributed by atoms with van der Waals surface area (Å²) in [4.78, 5) is 18.6. The molecule has 18 heavy (non-hydrogen) atoms. The molecule has 1 aromatic rings. The first-order valence-corrected chi connectivity index (χ1v) is 7.76.